The predicted octanol–water partition coefficient (Wildman–Crippen LogP) is 7.98. The van der Waals surface area contributed by atoms with E-state index in [0.717, 1.165) is 25.7 Å². The molecular weight excluding hydrogens is 416 g/mol. The Labute approximate surface area is 204 Å². The molecule has 0 amide bonds. The van der Waals surface area contributed by atoms with Crippen molar-refractivity contribution in [1.29, 1.82) is 0 Å². The van der Waals surface area contributed by atoms with E-state index in [1.165, 1.54) is 27.1 Å². The van der Waals surface area contributed by atoms with Crippen molar-refractivity contribution in [3.63, 3.8) is 0 Å². The van der Waals surface area contributed by atoms with Crippen molar-refractivity contribution in [3.8, 4) is 0 Å². The zero-order valence-electron chi connectivity index (χ0n) is 21.9. The third-order valence-electron chi connectivity index (χ3n) is 6.27. The summed E-state index contributed by atoms with van der Waals surface area (Å²) in [6, 6.07) is 21.8. The highest BCUT2D eigenvalue weighted by Crippen LogP contribution is 2.36. The monoisotopic (exact) mass is 460 g/mol. The Hall–Kier alpha value is -2.16. The van der Waals surface area contributed by atoms with Gasteiger partial charge in [0.05, 0.1) is 6.61 Å². The molecule has 0 saturated carbocycles. The third kappa shape index (κ3) is 7.98. The maximum atomic E-state index is 6.98. The van der Waals surface area contributed by atoms with E-state index in [-0.39, 0.29) is 5.04 Å². The van der Waals surface area contributed by atoms with Gasteiger partial charge in [-0.2, -0.15) is 0 Å². The van der Waals surface area contributed by atoms with E-state index in [1.54, 1.807) is 0 Å². The van der Waals surface area contributed by atoms with Crippen LogP contribution in [0, 0.1) is 0 Å². The van der Waals surface area contributed by atoms with Crippen molar-refractivity contribution in [1.82, 2.24) is 0 Å². The molecule has 2 heteroatoms. The fourth-order valence-electron chi connectivity index (χ4n) is 4.41. The zero-order chi connectivity index (χ0) is 24.3. The molecule has 0 aromatic heterocycles. The van der Waals surface area contributed by atoms with Crippen LogP contribution in [0.15, 0.2) is 95.6 Å². The summed E-state index contributed by atoms with van der Waals surface area (Å²) in [5.41, 5.74) is 4.30. The Bertz CT molecular complexity index is 886. The highest BCUT2D eigenvalue weighted by molar-refractivity contribution is 6.99. The number of rotatable bonds is 11. The molecule has 0 spiro atoms. The highest BCUT2D eigenvalue weighted by atomic mass is 28.4. The summed E-state index contributed by atoms with van der Waals surface area (Å²) in [4.78, 5) is 0. The molecule has 0 atom stereocenters. The Morgan fingerprint density at radius 1 is 0.697 bits per heavy atom. The van der Waals surface area contributed by atoms with E-state index in [9.17, 15) is 0 Å². The molecule has 2 aromatic carbocycles. The van der Waals surface area contributed by atoms with Crippen LogP contribution in [0.5, 0.6) is 0 Å². The lowest BCUT2D eigenvalue weighted by atomic mass is 10.1. The molecule has 0 N–H and O–H groups in total. The SMILES string of the molecule is CC(C)=CCC/C(C)=C/CC/C(C)=C/CO[Si](c1ccccc1)(c1ccccc1)C(C)(C)C. The average Bonchev–Trinajstić information content (AvgIpc) is 2.77. The number of hydrogen-bond donors (Lipinski definition) is 0. The molecule has 33 heavy (non-hydrogen) atoms. The summed E-state index contributed by atoms with van der Waals surface area (Å²) in [5, 5.41) is 2.69. The Kier molecular flexibility index (Phi) is 10.6. The third-order valence-corrected chi connectivity index (χ3v) is 11.3. The lowest BCUT2D eigenvalue weighted by Crippen LogP contribution is -2.66. The highest BCUT2D eigenvalue weighted by Gasteiger charge is 2.49. The molecule has 0 fully saturated rings. The van der Waals surface area contributed by atoms with Crippen LogP contribution in [-0.4, -0.2) is 14.9 Å². The van der Waals surface area contributed by atoms with Crippen molar-refractivity contribution in [3.05, 3.63) is 95.6 Å². The fourth-order valence-corrected chi connectivity index (χ4v) is 8.90. The van der Waals surface area contributed by atoms with Gasteiger partial charge in [0.1, 0.15) is 0 Å². The van der Waals surface area contributed by atoms with Crippen LogP contribution in [0.25, 0.3) is 0 Å². The van der Waals surface area contributed by atoms with Gasteiger partial charge in [-0.3, -0.25) is 0 Å². The van der Waals surface area contributed by atoms with Crippen LogP contribution in [0.4, 0.5) is 0 Å². The van der Waals surface area contributed by atoms with E-state index < -0.39 is 8.32 Å². The van der Waals surface area contributed by atoms with Gasteiger partial charge in [-0.25, -0.2) is 0 Å². The Balaban J connectivity index is 2.13. The van der Waals surface area contributed by atoms with Gasteiger partial charge < -0.3 is 4.43 Å². The second kappa shape index (κ2) is 12.9. The fraction of sp³-hybridized carbons (Fsp3) is 0.419. The van der Waals surface area contributed by atoms with Crippen LogP contribution in [-0.2, 0) is 4.43 Å². The van der Waals surface area contributed by atoms with E-state index in [0.29, 0.717) is 6.61 Å². The van der Waals surface area contributed by atoms with Gasteiger partial charge in [-0.15, -0.1) is 0 Å². The molecular formula is C31H44OSi. The van der Waals surface area contributed by atoms with Gasteiger partial charge in [-0.1, -0.05) is 116 Å². The second-order valence-corrected chi connectivity index (χ2v) is 14.7. The lowest BCUT2D eigenvalue weighted by molar-refractivity contribution is 0.338. The van der Waals surface area contributed by atoms with Crippen molar-refractivity contribution >= 4 is 18.7 Å². The van der Waals surface area contributed by atoms with Gasteiger partial charge in [0.15, 0.2) is 0 Å². The van der Waals surface area contributed by atoms with Crippen LogP contribution in [0.2, 0.25) is 5.04 Å². The Morgan fingerprint density at radius 2 is 1.15 bits per heavy atom. The van der Waals surface area contributed by atoms with E-state index in [1.807, 2.05) is 0 Å². The summed E-state index contributed by atoms with van der Waals surface area (Å²) in [6.07, 6.45) is 11.5. The quantitative estimate of drug-likeness (QED) is 0.244. The number of benzene rings is 2. The number of hydrogen-bond acceptors (Lipinski definition) is 1. The number of allylic oxidation sites excluding steroid dienone is 5. The molecule has 0 unspecified atom stereocenters. The minimum atomic E-state index is -2.45. The summed E-state index contributed by atoms with van der Waals surface area (Å²) in [7, 11) is -2.45. The first-order valence-corrected chi connectivity index (χ1v) is 14.3. The molecule has 0 bridgehead atoms. The standard InChI is InChI=1S/C31H44OSi/c1-26(2)16-14-17-27(3)18-15-19-28(4)24-25-32-33(31(5,6)7,29-20-10-8-11-21-29)30-22-12-9-13-23-30/h8-13,16,18,20-24H,14-15,17,19,25H2,1-7H3/b27-18+,28-24+. The molecule has 2 rings (SSSR count). The molecule has 0 aliphatic heterocycles. The van der Waals surface area contributed by atoms with E-state index in [4.69, 9.17) is 4.43 Å². The molecule has 0 radical (unpaired) electrons. The summed E-state index contributed by atoms with van der Waals surface area (Å²) < 4.78 is 6.98. The summed E-state index contributed by atoms with van der Waals surface area (Å²) in [6.45, 7) is 16.5. The van der Waals surface area contributed by atoms with E-state index in [2.05, 4.69) is 127 Å². The van der Waals surface area contributed by atoms with Crippen molar-refractivity contribution in [2.75, 3.05) is 6.61 Å². The van der Waals surface area contributed by atoms with Crippen molar-refractivity contribution < 1.29 is 4.43 Å². The second-order valence-electron chi connectivity index (χ2n) is 10.4. The van der Waals surface area contributed by atoms with Gasteiger partial charge >= 0.3 is 0 Å². The molecule has 0 saturated heterocycles. The van der Waals surface area contributed by atoms with Gasteiger partial charge in [0, 0.05) is 0 Å². The average molecular weight is 461 g/mol. The van der Waals surface area contributed by atoms with Crippen LogP contribution in [0.3, 0.4) is 0 Å². The first kappa shape index (κ1) is 27.1. The largest absolute Gasteiger partial charge is 0.404 e. The normalized spacial score (nSPS) is 13.2. The zero-order valence-corrected chi connectivity index (χ0v) is 22.9. The van der Waals surface area contributed by atoms with Gasteiger partial charge in [0.25, 0.3) is 8.32 Å². The van der Waals surface area contributed by atoms with Crippen LogP contribution < -0.4 is 10.4 Å². The maximum Gasteiger partial charge on any atom is 0.261 e. The van der Waals surface area contributed by atoms with Crippen LogP contribution >= 0.6 is 0 Å². The molecule has 0 heterocycles. The van der Waals surface area contributed by atoms with E-state index >= 15 is 0 Å². The summed E-state index contributed by atoms with van der Waals surface area (Å²) in [5.74, 6) is 0. The van der Waals surface area contributed by atoms with Crippen molar-refractivity contribution in [2.45, 2.75) is 79.2 Å². The first-order valence-electron chi connectivity index (χ1n) is 12.4. The van der Waals surface area contributed by atoms with Gasteiger partial charge in [-0.05, 0) is 68.8 Å². The summed E-state index contributed by atoms with van der Waals surface area (Å²) >= 11 is 0. The first-order chi connectivity index (χ1) is 15.7. The molecule has 2 aromatic rings. The molecule has 1 nitrogen and oxygen atoms in total. The minimum absolute atomic E-state index is 0.0165. The molecule has 178 valence electrons. The predicted molar refractivity (Wildman–Crippen MR) is 149 cm³/mol. The lowest BCUT2D eigenvalue weighted by Gasteiger charge is -2.42. The topological polar surface area (TPSA) is 9.23 Å². The van der Waals surface area contributed by atoms with Crippen molar-refractivity contribution in [2.24, 2.45) is 0 Å². The molecule has 0 aliphatic rings. The smallest absolute Gasteiger partial charge is 0.261 e. The Morgan fingerprint density at radius 3 is 1.61 bits per heavy atom. The molecule has 0 aliphatic carbocycles. The maximum absolute atomic E-state index is 6.98. The van der Waals surface area contributed by atoms with Gasteiger partial charge in [0.2, 0.25) is 0 Å². The van der Waals surface area contributed by atoms with Crippen LogP contribution in [0.1, 0.15) is 74.1 Å². The minimum Gasteiger partial charge on any atom is -0.404 e.